The van der Waals surface area contributed by atoms with E-state index in [1.54, 1.807) is 0 Å². The van der Waals surface area contributed by atoms with Crippen LogP contribution in [0, 0.1) is 6.92 Å². The summed E-state index contributed by atoms with van der Waals surface area (Å²) < 4.78 is 12.6. The summed E-state index contributed by atoms with van der Waals surface area (Å²) in [4.78, 5) is 4.54. The molecule has 0 aliphatic carbocycles. The molecule has 0 amide bonds. The summed E-state index contributed by atoms with van der Waals surface area (Å²) >= 11 is 9.54. The van der Waals surface area contributed by atoms with E-state index < -0.39 is 0 Å². The molecule has 0 spiro atoms. The number of aliphatic imine (C=N–C) groups is 1. The molecule has 0 unspecified atom stereocenters. The van der Waals surface area contributed by atoms with Gasteiger partial charge in [-0.1, -0.05) is 41.4 Å². The predicted molar refractivity (Wildman–Crippen MR) is 120 cm³/mol. The standard InChI is InChI=1S/C23H21BrClNO2/c1-3-27-22-13-18(14-26-20-10-4-16(2)5-11-20)12-21(24)23(22)28-15-17-6-8-19(25)9-7-17/h4-14H,3,15H2,1-2H3. The molecule has 144 valence electrons. The van der Waals surface area contributed by atoms with Crippen LogP contribution in [-0.4, -0.2) is 12.8 Å². The van der Waals surface area contributed by atoms with E-state index in [1.807, 2.05) is 73.8 Å². The third-order valence-electron chi connectivity index (χ3n) is 4.02. The van der Waals surface area contributed by atoms with Gasteiger partial charge < -0.3 is 9.47 Å². The molecule has 0 heterocycles. The average Bonchev–Trinajstić information content (AvgIpc) is 2.68. The summed E-state index contributed by atoms with van der Waals surface area (Å²) in [5.41, 5.74) is 4.07. The van der Waals surface area contributed by atoms with Gasteiger partial charge in [0, 0.05) is 11.2 Å². The van der Waals surface area contributed by atoms with Crippen LogP contribution in [0.25, 0.3) is 0 Å². The first kappa shape index (κ1) is 20.4. The molecule has 0 fully saturated rings. The summed E-state index contributed by atoms with van der Waals surface area (Å²) in [6, 6.07) is 19.6. The summed E-state index contributed by atoms with van der Waals surface area (Å²) in [6.07, 6.45) is 1.82. The number of halogens is 2. The van der Waals surface area contributed by atoms with Crippen LogP contribution in [0.1, 0.15) is 23.6 Å². The van der Waals surface area contributed by atoms with Gasteiger partial charge in [0.1, 0.15) is 6.61 Å². The smallest absolute Gasteiger partial charge is 0.175 e. The van der Waals surface area contributed by atoms with Gasteiger partial charge in [0.2, 0.25) is 0 Å². The molecule has 5 heteroatoms. The zero-order chi connectivity index (χ0) is 19.9. The lowest BCUT2D eigenvalue weighted by Gasteiger charge is -2.14. The molecule has 28 heavy (non-hydrogen) atoms. The number of aryl methyl sites for hydroxylation is 1. The Labute approximate surface area is 179 Å². The highest BCUT2D eigenvalue weighted by molar-refractivity contribution is 9.10. The second-order valence-electron chi connectivity index (χ2n) is 6.27. The van der Waals surface area contributed by atoms with Crippen LogP contribution in [-0.2, 0) is 6.61 Å². The van der Waals surface area contributed by atoms with Crippen LogP contribution in [0.3, 0.4) is 0 Å². The van der Waals surface area contributed by atoms with Gasteiger partial charge in [-0.3, -0.25) is 4.99 Å². The Balaban J connectivity index is 1.80. The number of benzene rings is 3. The van der Waals surface area contributed by atoms with Gasteiger partial charge >= 0.3 is 0 Å². The van der Waals surface area contributed by atoms with Crippen LogP contribution in [0.15, 0.2) is 70.1 Å². The molecule has 0 aliphatic heterocycles. The summed E-state index contributed by atoms with van der Waals surface area (Å²) in [6.45, 7) is 4.97. The van der Waals surface area contributed by atoms with Gasteiger partial charge in [0.25, 0.3) is 0 Å². The minimum atomic E-state index is 0.423. The molecule has 0 saturated carbocycles. The zero-order valence-electron chi connectivity index (χ0n) is 15.8. The second-order valence-corrected chi connectivity index (χ2v) is 7.56. The van der Waals surface area contributed by atoms with Crippen molar-refractivity contribution in [3.63, 3.8) is 0 Å². The highest BCUT2D eigenvalue weighted by Gasteiger charge is 2.12. The van der Waals surface area contributed by atoms with Crippen molar-refractivity contribution in [3.05, 3.63) is 86.8 Å². The minimum absolute atomic E-state index is 0.423. The molecule has 0 bridgehead atoms. The Bertz CT molecular complexity index is 954. The monoisotopic (exact) mass is 457 g/mol. The molecular weight excluding hydrogens is 438 g/mol. The summed E-state index contributed by atoms with van der Waals surface area (Å²) in [5.74, 6) is 1.35. The summed E-state index contributed by atoms with van der Waals surface area (Å²) in [5, 5.41) is 0.706. The molecular formula is C23H21BrClNO2. The minimum Gasteiger partial charge on any atom is -0.490 e. The molecule has 0 radical (unpaired) electrons. The Kier molecular flexibility index (Phi) is 7.12. The molecule has 0 aliphatic rings. The quantitative estimate of drug-likeness (QED) is 0.352. The fourth-order valence-corrected chi connectivity index (χ4v) is 3.28. The molecule has 3 aromatic rings. The highest BCUT2D eigenvalue weighted by atomic mass is 79.9. The van der Waals surface area contributed by atoms with Crippen molar-refractivity contribution in [2.24, 2.45) is 4.99 Å². The normalized spacial score (nSPS) is 11.0. The topological polar surface area (TPSA) is 30.8 Å². The zero-order valence-corrected chi connectivity index (χ0v) is 18.1. The first-order chi connectivity index (χ1) is 13.5. The molecule has 3 rings (SSSR count). The van der Waals surface area contributed by atoms with Gasteiger partial charge in [0.05, 0.1) is 16.8 Å². The number of hydrogen-bond acceptors (Lipinski definition) is 3. The first-order valence-electron chi connectivity index (χ1n) is 8.99. The molecule has 0 atom stereocenters. The Morgan fingerprint density at radius 3 is 2.39 bits per heavy atom. The Morgan fingerprint density at radius 2 is 1.71 bits per heavy atom. The van der Waals surface area contributed by atoms with Crippen LogP contribution >= 0.6 is 27.5 Å². The number of ether oxygens (including phenoxy) is 2. The maximum absolute atomic E-state index is 6.02. The molecule has 0 N–H and O–H groups in total. The van der Waals surface area contributed by atoms with E-state index >= 15 is 0 Å². The van der Waals surface area contributed by atoms with Crippen molar-refractivity contribution in [2.75, 3.05) is 6.61 Å². The third-order valence-corrected chi connectivity index (χ3v) is 4.87. The first-order valence-corrected chi connectivity index (χ1v) is 10.2. The largest absolute Gasteiger partial charge is 0.490 e. The van der Waals surface area contributed by atoms with Crippen LogP contribution < -0.4 is 9.47 Å². The van der Waals surface area contributed by atoms with E-state index in [0.717, 1.165) is 21.3 Å². The second kappa shape index (κ2) is 9.76. The summed E-state index contributed by atoms with van der Waals surface area (Å²) in [7, 11) is 0. The maximum Gasteiger partial charge on any atom is 0.175 e. The lowest BCUT2D eigenvalue weighted by molar-refractivity contribution is 0.267. The van der Waals surface area contributed by atoms with E-state index in [2.05, 4.69) is 27.8 Å². The van der Waals surface area contributed by atoms with Crippen molar-refractivity contribution in [2.45, 2.75) is 20.5 Å². The predicted octanol–water partition coefficient (Wildman–Crippen LogP) is 7.14. The van der Waals surface area contributed by atoms with Crippen molar-refractivity contribution in [1.29, 1.82) is 0 Å². The van der Waals surface area contributed by atoms with E-state index in [4.69, 9.17) is 21.1 Å². The Morgan fingerprint density at radius 1 is 1.00 bits per heavy atom. The van der Waals surface area contributed by atoms with E-state index in [-0.39, 0.29) is 0 Å². The molecule has 0 saturated heterocycles. The molecule has 0 aromatic heterocycles. The van der Waals surface area contributed by atoms with Crippen molar-refractivity contribution in [1.82, 2.24) is 0 Å². The molecule has 3 nitrogen and oxygen atoms in total. The van der Waals surface area contributed by atoms with E-state index in [1.165, 1.54) is 5.56 Å². The van der Waals surface area contributed by atoms with Gasteiger partial charge in [-0.05, 0) is 77.3 Å². The fraction of sp³-hybridized carbons (Fsp3) is 0.174. The number of rotatable bonds is 7. The van der Waals surface area contributed by atoms with Gasteiger partial charge in [-0.15, -0.1) is 0 Å². The number of nitrogens with zero attached hydrogens (tertiary/aromatic N) is 1. The highest BCUT2D eigenvalue weighted by Crippen LogP contribution is 2.37. The van der Waals surface area contributed by atoms with Gasteiger partial charge in [-0.25, -0.2) is 0 Å². The third kappa shape index (κ3) is 5.60. The van der Waals surface area contributed by atoms with Crippen molar-refractivity contribution in [3.8, 4) is 11.5 Å². The van der Waals surface area contributed by atoms with Crippen LogP contribution in [0.4, 0.5) is 5.69 Å². The lowest BCUT2D eigenvalue weighted by Crippen LogP contribution is -2.01. The van der Waals surface area contributed by atoms with Crippen molar-refractivity contribution < 1.29 is 9.47 Å². The van der Waals surface area contributed by atoms with Gasteiger partial charge in [-0.2, -0.15) is 0 Å². The van der Waals surface area contributed by atoms with Gasteiger partial charge in [0.15, 0.2) is 11.5 Å². The van der Waals surface area contributed by atoms with E-state index in [9.17, 15) is 0 Å². The fourth-order valence-electron chi connectivity index (χ4n) is 2.58. The van der Waals surface area contributed by atoms with Crippen LogP contribution in [0.5, 0.6) is 11.5 Å². The average molecular weight is 459 g/mol. The Hall–Kier alpha value is -2.30. The maximum atomic E-state index is 6.02. The number of hydrogen-bond donors (Lipinski definition) is 0. The molecule has 3 aromatic carbocycles. The SMILES string of the molecule is CCOc1cc(C=Nc2ccc(C)cc2)cc(Br)c1OCc1ccc(Cl)cc1. The van der Waals surface area contributed by atoms with Crippen molar-refractivity contribution >= 4 is 39.4 Å². The van der Waals surface area contributed by atoms with Crippen LogP contribution in [0.2, 0.25) is 5.02 Å². The lowest BCUT2D eigenvalue weighted by atomic mass is 10.2. The van der Waals surface area contributed by atoms with E-state index in [0.29, 0.717) is 29.7 Å².